The third-order valence-corrected chi connectivity index (χ3v) is 4.74. The normalized spacial score (nSPS) is 10.6. The smallest absolute Gasteiger partial charge is 0.226 e. The molecule has 0 spiro atoms. The molecule has 0 fully saturated rings. The maximum absolute atomic E-state index is 12.7. The van der Waals surface area contributed by atoms with E-state index < -0.39 is 0 Å². The molecule has 0 bridgehead atoms. The SMILES string of the molecule is C=CCCOc1cc(-c2nc(CC(=O)Cc3ccccc3OCCC)co2)ccc1OC. The second kappa shape index (κ2) is 11.7. The molecule has 6 heteroatoms. The second-order valence-corrected chi connectivity index (χ2v) is 7.28. The molecule has 0 radical (unpaired) electrons. The van der Waals surface area contributed by atoms with Crippen molar-refractivity contribution in [1.29, 1.82) is 0 Å². The molecule has 0 aliphatic carbocycles. The first kappa shape index (κ1) is 23.1. The Morgan fingerprint density at radius 1 is 1.06 bits per heavy atom. The monoisotopic (exact) mass is 435 g/mol. The van der Waals surface area contributed by atoms with Gasteiger partial charge in [0.15, 0.2) is 11.5 Å². The van der Waals surface area contributed by atoms with E-state index in [1.165, 1.54) is 6.26 Å². The molecule has 2 aromatic carbocycles. The van der Waals surface area contributed by atoms with Crippen molar-refractivity contribution in [3.8, 4) is 28.7 Å². The number of carbonyl (C=O) groups excluding carboxylic acids is 1. The van der Waals surface area contributed by atoms with Crippen LogP contribution >= 0.6 is 0 Å². The quantitative estimate of drug-likeness (QED) is 0.263. The average Bonchev–Trinajstić information content (AvgIpc) is 3.27. The Balaban J connectivity index is 1.68. The lowest BCUT2D eigenvalue weighted by Gasteiger charge is -2.10. The van der Waals surface area contributed by atoms with Crippen LogP contribution in [0.15, 0.2) is 65.8 Å². The predicted molar refractivity (Wildman–Crippen MR) is 123 cm³/mol. The van der Waals surface area contributed by atoms with Crippen LogP contribution in [0.1, 0.15) is 31.0 Å². The molecule has 3 rings (SSSR count). The van der Waals surface area contributed by atoms with Crippen LogP contribution in [0.25, 0.3) is 11.5 Å². The number of hydrogen-bond donors (Lipinski definition) is 0. The van der Waals surface area contributed by atoms with E-state index in [1.54, 1.807) is 19.3 Å². The fraction of sp³-hybridized carbons (Fsp3) is 0.308. The van der Waals surface area contributed by atoms with Gasteiger partial charge < -0.3 is 18.6 Å². The molecule has 1 aromatic heterocycles. The molecule has 0 N–H and O–H groups in total. The average molecular weight is 436 g/mol. The standard InChI is InChI=1S/C26H29NO5/c1-4-6-14-31-25-16-20(11-12-24(25)29-3)26-27-21(18-32-26)17-22(28)15-19-9-7-8-10-23(19)30-13-5-2/h4,7-12,16,18H,1,5-6,13-15,17H2,2-3H3. The van der Waals surface area contributed by atoms with Gasteiger partial charge in [-0.05, 0) is 37.1 Å². The highest BCUT2D eigenvalue weighted by Crippen LogP contribution is 2.32. The zero-order valence-corrected chi connectivity index (χ0v) is 18.6. The summed E-state index contributed by atoms with van der Waals surface area (Å²) in [5.41, 5.74) is 2.21. The van der Waals surface area contributed by atoms with E-state index in [0.717, 1.165) is 29.7 Å². The second-order valence-electron chi connectivity index (χ2n) is 7.28. The number of hydrogen-bond acceptors (Lipinski definition) is 6. The molecule has 3 aromatic rings. The molecule has 168 valence electrons. The van der Waals surface area contributed by atoms with E-state index in [0.29, 0.717) is 36.3 Å². The minimum Gasteiger partial charge on any atom is -0.493 e. The molecule has 0 aliphatic rings. The lowest BCUT2D eigenvalue weighted by atomic mass is 10.1. The summed E-state index contributed by atoms with van der Waals surface area (Å²) in [6.45, 7) is 6.87. The molecule has 0 unspecified atom stereocenters. The van der Waals surface area contributed by atoms with Gasteiger partial charge in [-0.15, -0.1) is 6.58 Å². The van der Waals surface area contributed by atoms with Crippen LogP contribution in [0.5, 0.6) is 17.2 Å². The van der Waals surface area contributed by atoms with Crippen molar-refractivity contribution in [2.24, 2.45) is 0 Å². The molecular weight excluding hydrogens is 406 g/mol. The van der Waals surface area contributed by atoms with Crippen molar-refractivity contribution < 1.29 is 23.4 Å². The Labute approximate surface area is 188 Å². The largest absolute Gasteiger partial charge is 0.493 e. The lowest BCUT2D eigenvalue weighted by Crippen LogP contribution is -2.08. The van der Waals surface area contributed by atoms with Gasteiger partial charge in [0.05, 0.1) is 32.4 Å². The van der Waals surface area contributed by atoms with Gasteiger partial charge in [-0.1, -0.05) is 31.2 Å². The highest BCUT2D eigenvalue weighted by atomic mass is 16.5. The van der Waals surface area contributed by atoms with Gasteiger partial charge in [-0.25, -0.2) is 4.98 Å². The van der Waals surface area contributed by atoms with Crippen LogP contribution in [0.2, 0.25) is 0 Å². The molecule has 0 aliphatic heterocycles. The van der Waals surface area contributed by atoms with Gasteiger partial charge in [0.25, 0.3) is 0 Å². The highest BCUT2D eigenvalue weighted by molar-refractivity contribution is 5.83. The zero-order valence-electron chi connectivity index (χ0n) is 18.6. The number of methoxy groups -OCH3 is 1. The topological polar surface area (TPSA) is 70.8 Å². The number of rotatable bonds is 13. The lowest BCUT2D eigenvalue weighted by molar-refractivity contribution is -0.117. The molecular formula is C26H29NO5. The number of oxazole rings is 1. The van der Waals surface area contributed by atoms with Gasteiger partial charge in [0.1, 0.15) is 17.8 Å². The van der Waals surface area contributed by atoms with Crippen LogP contribution in [0.3, 0.4) is 0 Å². The predicted octanol–water partition coefficient (Wildman–Crippen LogP) is 5.45. The van der Waals surface area contributed by atoms with Crippen LogP contribution < -0.4 is 14.2 Å². The van der Waals surface area contributed by atoms with E-state index in [4.69, 9.17) is 18.6 Å². The number of aromatic nitrogens is 1. The Kier molecular flexibility index (Phi) is 8.49. The third kappa shape index (κ3) is 6.23. The van der Waals surface area contributed by atoms with Crippen molar-refractivity contribution in [2.45, 2.75) is 32.6 Å². The maximum atomic E-state index is 12.7. The number of Topliss-reactive ketones (excluding diaryl/α,β-unsaturated/α-hetero) is 1. The van der Waals surface area contributed by atoms with Gasteiger partial charge in [0, 0.05) is 17.5 Å². The number of carbonyl (C=O) groups is 1. The Morgan fingerprint density at radius 2 is 1.88 bits per heavy atom. The van der Waals surface area contributed by atoms with Crippen molar-refractivity contribution in [1.82, 2.24) is 4.98 Å². The number of ketones is 1. The Hall–Kier alpha value is -3.54. The summed E-state index contributed by atoms with van der Waals surface area (Å²) in [7, 11) is 1.59. The molecule has 0 amide bonds. The van der Waals surface area contributed by atoms with Crippen LogP contribution in [0.4, 0.5) is 0 Å². The summed E-state index contributed by atoms with van der Waals surface area (Å²) in [4.78, 5) is 17.2. The van der Waals surface area contributed by atoms with E-state index in [2.05, 4.69) is 18.5 Å². The van der Waals surface area contributed by atoms with E-state index >= 15 is 0 Å². The van der Waals surface area contributed by atoms with E-state index in [9.17, 15) is 4.79 Å². The summed E-state index contributed by atoms with van der Waals surface area (Å²) in [6.07, 6.45) is 5.43. The van der Waals surface area contributed by atoms with Crippen molar-refractivity contribution >= 4 is 5.78 Å². The number of para-hydroxylation sites is 1. The van der Waals surface area contributed by atoms with Crippen molar-refractivity contribution in [3.05, 3.63) is 72.6 Å². The maximum Gasteiger partial charge on any atom is 0.226 e. The molecule has 0 atom stereocenters. The first-order valence-electron chi connectivity index (χ1n) is 10.7. The van der Waals surface area contributed by atoms with E-state index in [1.807, 2.05) is 36.4 Å². The summed E-state index contributed by atoms with van der Waals surface area (Å²) in [5.74, 6) is 2.46. The Bertz CT molecular complexity index is 1040. The van der Waals surface area contributed by atoms with Crippen LogP contribution in [0, 0.1) is 0 Å². The van der Waals surface area contributed by atoms with Gasteiger partial charge in [0.2, 0.25) is 5.89 Å². The van der Waals surface area contributed by atoms with Gasteiger partial charge in [-0.2, -0.15) is 0 Å². The van der Waals surface area contributed by atoms with Gasteiger partial charge >= 0.3 is 0 Å². The van der Waals surface area contributed by atoms with Gasteiger partial charge in [-0.3, -0.25) is 4.79 Å². The first-order valence-corrected chi connectivity index (χ1v) is 10.7. The first-order chi connectivity index (χ1) is 15.6. The zero-order chi connectivity index (χ0) is 22.8. The van der Waals surface area contributed by atoms with Crippen LogP contribution in [-0.4, -0.2) is 31.1 Å². The molecule has 0 saturated carbocycles. The molecule has 0 saturated heterocycles. The van der Waals surface area contributed by atoms with E-state index in [-0.39, 0.29) is 18.6 Å². The number of benzene rings is 2. The molecule has 1 heterocycles. The fourth-order valence-corrected chi connectivity index (χ4v) is 3.18. The fourth-order valence-electron chi connectivity index (χ4n) is 3.18. The van der Waals surface area contributed by atoms with Crippen molar-refractivity contribution in [3.63, 3.8) is 0 Å². The van der Waals surface area contributed by atoms with Crippen LogP contribution in [-0.2, 0) is 17.6 Å². The summed E-state index contributed by atoms with van der Waals surface area (Å²) in [6, 6.07) is 13.1. The minimum atomic E-state index is 0.0422. The number of ether oxygens (including phenoxy) is 3. The number of nitrogens with zero attached hydrogens (tertiary/aromatic N) is 1. The summed E-state index contributed by atoms with van der Waals surface area (Å²) >= 11 is 0. The Morgan fingerprint density at radius 3 is 2.66 bits per heavy atom. The van der Waals surface area contributed by atoms with Crippen molar-refractivity contribution in [2.75, 3.05) is 20.3 Å². The minimum absolute atomic E-state index is 0.0422. The summed E-state index contributed by atoms with van der Waals surface area (Å²) in [5, 5.41) is 0. The third-order valence-electron chi connectivity index (χ3n) is 4.74. The highest BCUT2D eigenvalue weighted by Gasteiger charge is 2.15. The summed E-state index contributed by atoms with van der Waals surface area (Å²) < 4.78 is 22.5. The molecule has 6 nitrogen and oxygen atoms in total. The molecule has 32 heavy (non-hydrogen) atoms.